The second-order valence-electron chi connectivity index (χ2n) is 9.30. The number of hydrogen-bond acceptors (Lipinski definition) is 13. The Hall–Kier alpha value is -2.78. The summed E-state index contributed by atoms with van der Waals surface area (Å²) in [7, 11) is 1.41. The smallest absolute Gasteiger partial charge is 0.327 e. The number of hydrogen-bond donors (Lipinski definition) is 4. The Morgan fingerprint density at radius 1 is 1.36 bits per heavy atom. The summed E-state index contributed by atoms with van der Waals surface area (Å²) in [6.45, 7) is -2.39. The number of aliphatic hydroxyl groups is 2. The number of fused-ring (bicyclic) bond motifs is 1. The van der Waals surface area contributed by atoms with Gasteiger partial charge in [0.25, 0.3) is 0 Å². The number of nitrogens with zero attached hydrogens (tertiary/aromatic N) is 4. The van der Waals surface area contributed by atoms with Crippen LogP contribution in [0.4, 0.5) is 5.95 Å². The number of carbonyl (C=O) groups is 1. The summed E-state index contributed by atoms with van der Waals surface area (Å²) >= 11 is 1.05. The molecule has 0 radical (unpaired) electrons. The van der Waals surface area contributed by atoms with E-state index in [0.29, 0.717) is 12.2 Å². The normalized spacial score (nSPS) is 30.9. The topological polar surface area (TPSA) is 193 Å². The van der Waals surface area contributed by atoms with Crippen LogP contribution in [0.25, 0.3) is 11.2 Å². The monoisotopic (exact) mass is 580 g/mol. The van der Waals surface area contributed by atoms with Crippen molar-refractivity contribution in [2.75, 3.05) is 25.2 Å². The zero-order valence-electron chi connectivity index (χ0n) is 21.2. The lowest BCUT2D eigenvalue weighted by atomic mass is 9.96. The van der Waals surface area contributed by atoms with Crippen molar-refractivity contribution in [1.82, 2.24) is 24.6 Å². The average Bonchev–Trinajstić information content (AvgIpc) is 3.43. The average molecular weight is 581 g/mol. The van der Waals surface area contributed by atoms with Crippen molar-refractivity contribution in [1.29, 1.82) is 0 Å². The van der Waals surface area contributed by atoms with Gasteiger partial charge in [0, 0.05) is 5.75 Å². The largest absolute Gasteiger partial charge is 0.479 e. The fourth-order valence-corrected chi connectivity index (χ4v) is 8.24. The summed E-state index contributed by atoms with van der Waals surface area (Å²) in [6, 6.07) is 8.42. The Morgan fingerprint density at radius 3 is 2.87 bits per heavy atom. The third-order valence-electron chi connectivity index (χ3n) is 6.51. The van der Waals surface area contributed by atoms with Crippen LogP contribution in [0.3, 0.4) is 0 Å². The van der Waals surface area contributed by atoms with Crippen LogP contribution in [0, 0.1) is 0 Å². The molecule has 0 saturated carbocycles. The Labute approximate surface area is 227 Å². The Bertz CT molecular complexity index is 1390. The first-order valence-electron chi connectivity index (χ1n) is 12.1. The molecular weight excluding hydrogens is 551 g/mol. The maximum Gasteiger partial charge on any atom is 0.327 e. The number of aromatic nitrogens is 4. The molecule has 6 atom stereocenters. The van der Waals surface area contributed by atoms with E-state index in [1.807, 2.05) is 30.3 Å². The quantitative estimate of drug-likeness (QED) is 0.220. The standard InChI is InChI=1S/C23H29N6O8PS/c1-23(32)17(30)15(37-21(23)29-12-25-16-18(29)26-22(24)27-19(16)34-2)11-36-38(33)28-14(8-9-39-38)20(31)35-10-13-6-4-3-5-7-13/h3-7,12,14-15,17,21,30,32H,8-11H2,1-2H3,(H,28,33)(H2,24,26,27)/t14?,15-,17-,21-,23-,38+/m1/s1. The third-order valence-corrected chi connectivity index (χ3v) is 10.6. The molecule has 16 heteroatoms. The molecular formula is C23H29N6O8PS. The van der Waals surface area contributed by atoms with E-state index in [0.717, 1.165) is 16.9 Å². The van der Waals surface area contributed by atoms with Gasteiger partial charge in [0.05, 0.1) is 20.0 Å². The van der Waals surface area contributed by atoms with E-state index in [4.69, 9.17) is 24.5 Å². The van der Waals surface area contributed by atoms with Crippen molar-refractivity contribution < 1.29 is 38.3 Å². The molecule has 5 N–H and O–H groups in total. The Balaban J connectivity index is 1.24. The highest BCUT2D eigenvalue weighted by molar-refractivity contribution is 8.56. The molecule has 4 heterocycles. The number of nitrogens with two attached hydrogens (primary N) is 1. The number of rotatable bonds is 8. The van der Waals surface area contributed by atoms with E-state index in [9.17, 15) is 19.6 Å². The maximum absolute atomic E-state index is 13.4. The van der Waals surface area contributed by atoms with Crippen LogP contribution in [0.2, 0.25) is 0 Å². The molecule has 3 aromatic rings. The summed E-state index contributed by atoms with van der Waals surface area (Å²) in [5.41, 5.74) is 5.33. The number of methoxy groups -OCH3 is 1. The van der Waals surface area contributed by atoms with Crippen LogP contribution >= 0.6 is 18.1 Å². The van der Waals surface area contributed by atoms with Crippen LogP contribution in [0.5, 0.6) is 5.88 Å². The number of nitrogen functional groups attached to an aromatic ring is 1. The molecule has 2 fully saturated rings. The van der Waals surface area contributed by atoms with Crippen LogP contribution in [0.15, 0.2) is 36.7 Å². The molecule has 210 valence electrons. The second kappa shape index (κ2) is 11.0. The van der Waals surface area contributed by atoms with Gasteiger partial charge in [-0.25, -0.2) is 10.1 Å². The number of esters is 1. The van der Waals surface area contributed by atoms with Crippen molar-refractivity contribution in [2.24, 2.45) is 0 Å². The molecule has 0 amide bonds. The van der Waals surface area contributed by atoms with Gasteiger partial charge < -0.3 is 34.7 Å². The van der Waals surface area contributed by atoms with Crippen molar-refractivity contribution in [2.45, 2.75) is 50.0 Å². The number of nitrogens with one attached hydrogen (secondary N) is 1. The lowest BCUT2D eigenvalue weighted by Gasteiger charge is -2.29. The van der Waals surface area contributed by atoms with Crippen LogP contribution in [-0.4, -0.2) is 79.0 Å². The highest BCUT2D eigenvalue weighted by Crippen LogP contribution is 2.59. The van der Waals surface area contributed by atoms with Gasteiger partial charge in [-0.2, -0.15) is 9.97 Å². The molecule has 2 saturated heterocycles. The summed E-state index contributed by atoms with van der Waals surface area (Å²) < 4.78 is 37.0. The van der Waals surface area contributed by atoms with Gasteiger partial charge in [-0.15, -0.1) is 0 Å². The lowest BCUT2D eigenvalue weighted by molar-refractivity contribution is -0.147. The number of aliphatic hydroxyl groups excluding tert-OH is 1. The van der Waals surface area contributed by atoms with Crippen molar-refractivity contribution in [3.63, 3.8) is 0 Å². The number of ether oxygens (including phenoxy) is 3. The summed E-state index contributed by atoms with van der Waals surface area (Å²) in [5, 5.41) is 24.8. The number of anilines is 1. The second-order valence-corrected chi connectivity index (χ2v) is 13.7. The molecule has 5 rings (SSSR count). The Morgan fingerprint density at radius 2 is 2.13 bits per heavy atom. The zero-order chi connectivity index (χ0) is 27.8. The SMILES string of the molecule is COc1nc(N)nc2c1ncn2[C@@H]1O[C@H](CO[P@@]2(=O)NC(C(=O)OCc3ccccc3)CCS2)[C@@H](O)[C@@]1(C)O. The number of benzene rings is 1. The van der Waals surface area contributed by atoms with Gasteiger partial charge >= 0.3 is 12.7 Å². The predicted octanol–water partition coefficient (Wildman–Crippen LogP) is 1.39. The highest BCUT2D eigenvalue weighted by atomic mass is 32.7. The zero-order valence-corrected chi connectivity index (χ0v) is 22.9. The maximum atomic E-state index is 13.4. The fourth-order valence-electron chi connectivity index (χ4n) is 4.43. The van der Waals surface area contributed by atoms with Gasteiger partial charge in [0.2, 0.25) is 11.8 Å². The van der Waals surface area contributed by atoms with Crippen LogP contribution < -0.4 is 15.6 Å². The summed E-state index contributed by atoms with van der Waals surface area (Å²) in [6.07, 6.45) is -1.86. The first-order valence-corrected chi connectivity index (χ1v) is 15.3. The molecule has 2 aromatic heterocycles. The molecule has 2 aliphatic heterocycles. The molecule has 0 bridgehead atoms. The fraction of sp³-hybridized carbons (Fsp3) is 0.478. The lowest BCUT2D eigenvalue weighted by Crippen LogP contribution is -2.44. The number of carbonyl (C=O) groups excluding carboxylic acids is 1. The van der Waals surface area contributed by atoms with Crippen LogP contribution in [-0.2, 0) is 30.0 Å². The van der Waals surface area contributed by atoms with E-state index < -0.39 is 42.8 Å². The van der Waals surface area contributed by atoms with Gasteiger partial charge in [-0.3, -0.25) is 13.9 Å². The summed E-state index contributed by atoms with van der Waals surface area (Å²) in [4.78, 5) is 25.0. The number of imidazole rings is 1. The van der Waals surface area contributed by atoms with Gasteiger partial charge in [-0.05, 0) is 18.9 Å². The first kappa shape index (κ1) is 27.8. The van der Waals surface area contributed by atoms with E-state index in [1.54, 1.807) is 0 Å². The first-order chi connectivity index (χ1) is 18.6. The molecule has 14 nitrogen and oxygen atoms in total. The van der Waals surface area contributed by atoms with Crippen molar-refractivity contribution in [3.05, 3.63) is 42.2 Å². The van der Waals surface area contributed by atoms with E-state index in [-0.39, 0.29) is 36.2 Å². The van der Waals surface area contributed by atoms with E-state index >= 15 is 0 Å². The minimum atomic E-state index is -3.56. The molecule has 2 aliphatic rings. The third kappa shape index (κ3) is 5.61. The molecule has 1 unspecified atom stereocenters. The van der Waals surface area contributed by atoms with E-state index in [1.165, 1.54) is 24.9 Å². The highest BCUT2D eigenvalue weighted by Gasteiger charge is 2.54. The van der Waals surface area contributed by atoms with Gasteiger partial charge in [0.1, 0.15) is 30.5 Å². The van der Waals surface area contributed by atoms with Crippen molar-refractivity contribution in [3.8, 4) is 5.88 Å². The van der Waals surface area contributed by atoms with Gasteiger partial charge in [-0.1, -0.05) is 41.7 Å². The molecule has 1 aromatic carbocycles. The van der Waals surface area contributed by atoms with Crippen molar-refractivity contribution >= 4 is 41.2 Å². The summed E-state index contributed by atoms with van der Waals surface area (Å²) in [5.74, 6) is -0.0701. The minimum Gasteiger partial charge on any atom is -0.479 e. The van der Waals surface area contributed by atoms with E-state index in [2.05, 4.69) is 20.0 Å². The van der Waals surface area contributed by atoms with Gasteiger partial charge in [0.15, 0.2) is 17.4 Å². The molecule has 0 spiro atoms. The molecule has 39 heavy (non-hydrogen) atoms. The minimum absolute atomic E-state index is 0.0745. The Kier molecular flexibility index (Phi) is 7.84. The van der Waals surface area contributed by atoms with Crippen LogP contribution in [0.1, 0.15) is 25.1 Å². The molecule has 0 aliphatic carbocycles. The predicted molar refractivity (Wildman–Crippen MR) is 141 cm³/mol.